The van der Waals surface area contributed by atoms with Gasteiger partial charge in [0, 0.05) is 6.54 Å². The molecule has 3 heteroatoms. The largest absolute Gasteiger partial charge is 0.344 e. The van der Waals surface area contributed by atoms with E-state index in [9.17, 15) is 0 Å². The van der Waals surface area contributed by atoms with Crippen molar-refractivity contribution in [2.45, 2.75) is 20.4 Å². The smallest absolute Gasteiger partial charge is 0.0227 e. The minimum atomic E-state index is 0. The molecule has 0 radical (unpaired) electrons. The fourth-order valence-corrected chi connectivity index (χ4v) is 1.56. The van der Waals surface area contributed by atoms with E-state index in [2.05, 4.69) is 57.1 Å². The lowest BCUT2D eigenvalue weighted by atomic mass is 10.2. The molecule has 1 rings (SSSR count). The van der Waals surface area contributed by atoms with E-state index in [1.807, 2.05) is 17.8 Å². The van der Waals surface area contributed by atoms with Crippen LogP contribution < -0.4 is 6.15 Å². The summed E-state index contributed by atoms with van der Waals surface area (Å²) in [6.07, 6.45) is 0. The zero-order valence-corrected chi connectivity index (χ0v) is 11.9. The Balaban J connectivity index is 0. The summed E-state index contributed by atoms with van der Waals surface area (Å²) in [7, 11) is 4.15. The van der Waals surface area contributed by atoms with Crippen LogP contribution >= 0.6 is 11.8 Å². The summed E-state index contributed by atoms with van der Waals surface area (Å²) >= 11 is 1.96. The molecule has 1 aromatic rings. The average molecular weight is 242 g/mol. The van der Waals surface area contributed by atoms with Gasteiger partial charge in [-0.05, 0) is 31.2 Å². The van der Waals surface area contributed by atoms with Crippen LogP contribution in [0.3, 0.4) is 0 Å². The lowest BCUT2D eigenvalue weighted by Gasteiger charge is -2.08. The zero-order valence-electron chi connectivity index (χ0n) is 11.1. The molecular formula is C13H26N2S. The molecule has 1 aromatic carbocycles. The second-order valence-corrected chi connectivity index (χ2v) is 5.07. The van der Waals surface area contributed by atoms with Crippen molar-refractivity contribution in [3.05, 3.63) is 35.9 Å². The highest BCUT2D eigenvalue weighted by atomic mass is 32.2. The van der Waals surface area contributed by atoms with Crippen LogP contribution in [-0.2, 0) is 6.54 Å². The lowest BCUT2D eigenvalue weighted by molar-refractivity contribution is 0.402. The zero-order chi connectivity index (χ0) is 11.5. The topological polar surface area (TPSA) is 38.2 Å². The van der Waals surface area contributed by atoms with E-state index in [0.29, 0.717) is 0 Å². The summed E-state index contributed by atoms with van der Waals surface area (Å²) in [5.41, 5.74) is 1.37. The molecule has 0 bridgehead atoms. The van der Waals surface area contributed by atoms with Crippen molar-refractivity contribution in [3.63, 3.8) is 0 Å². The van der Waals surface area contributed by atoms with Crippen LogP contribution in [0.15, 0.2) is 30.3 Å². The van der Waals surface area contributed by atoms with Gasteiger partial charge in [-0.15, -0.1) is 0 Å². The fraction of sp³-hybridized carbons (Fsp3) is 0.538. The Kier molecular flexibility index (Phi) is 14.0. The van der Waals surface area contributed by atoms with Crippen molar-refractivity contribution in [2.75, 3.05) is 25.6 Å². The second-order valence-electron chi connectivity index (χ2n) is 3.50. The van der Waals surface area contributed by atoms with Crippen LogP contribution in [0, 0.1) is 0 Å². The van der Waals surface area contributed by atoms with Gasteiger partial charge in [0.25, 0.3) is 0 Å². The van der Waals surface area contributed by atoms with Crippen LogP contribution in [-0.4, -0.2) is 30.5 Å². The number of rotatable bonds is 4. The van der Waals surface area contributed by atoms with Crippen LogP contribution in [0.1, 0.15) is 19.4 Å². The first-order valence-corrected chi connectivity index (χ1v) is 6.62. The summed E-state index contributed by atoms with van der Waals surface area (Å²) in [6, 6.07) is 10.5. The van der Waals surface area contributed by atoms with E-state index in [1.54, 1.807) is 0 Å². The Morgan fingerprint density at radius 2 is 1.50 bits per heavy atom. The Morgan fingerprint density at radius 1 is 1.00 bits per heavy atom. The van der Waals surface area contributed by atoms with Gasteiger partial charge in [-0.3, -0.25) is 0 Å². The summed E-state index contributed by atoms with van der Waals surface area (Å²) in [6.45, 7) is 5.38. The molecule has 0 atom stereocenters. The summed E-state index contributed by atoms with van der Waals surface area (Å²) in [5, 5.41) is 0. The molecular weight excluding hydrogens is 216 g/mol. The highest BCUT2D eigenvalue weighted by Crippen LogP contribution is 1.99. The van der Waals surface area contributed by atoms with Gasteiger partial charge in [-0.1, -0.05) is 44.2 Å². The number of hydrogen-bond donors (Lipinski definition) is 1. The third-order valence-corrected chi connectivity index (χ3v) is 2.57. The van der Waals surface area contributed by atoms with Crippen molar-refractivity contribution in [1.82, 2.24) is 11.1 Å². The van der Waals surface area contributed by atoms with Gasteiger partial charge in [0.2, 0.25) is 0 Å². The van der Waals surface area contributed by atoms with Crippen molar-refractivity contribution >= 4 is 11.8 Å². The lowest BCUT2D eigenvalue weighted by Crippen LogP contribution is -2.10. The Hall–Kier alpha value is -0.510. The molecule has 0 heterocycles. The minimum absolute atomic E-state index is 0. The van der Waals surface area contributed by atoms with E-state index >= 15 is 0 Å². The summed E-state index contributed by atoms with van der Waals surface area (Å²) < 4.78 is 0. The van der Waals surface area contributed by atoms with Crippen molar-refractivity contribution in [1.29, 1.82) is 0 Å². The van der Waals surface area contributed by atoms with Gasteiger partial charge in [-0.2, -0.15) is 11.8 Å². The molecule has 0 amide bonds. The molecule has 16 heavy (non-hydrogen) atoms. The Bertz CT molecular complexity index is 223. The van der Waals surface area contributed by atoms with Gasteiger partial charge in [-0.25, -0.2) is 0 Å². The van der Waals surface area contributed by atoms with Crippen molar-refractivity contribution in [2.24, 2.45) is 0 Å². The maximum Gasteiger partial charge on any atom is 0.0227 e. The molecule has 0 fully saturated rings. The van der Waals surface area contributed by atoms with Gasteiger partial charge in [0.1, 0.15) is 0 Å². The number of benzene rings is 1. The molecule has 0 saturated heterocycles. The second kappa shape index (κ2) is 12.6. The van der Waals surface area contributed by atoms with Crippen LogP contribution in [0.4, 0.5) is 0 Å². The first-order chi connectivity index (χ1) is 7.20. The van der Waals surface area contributed by atoms with Gasteiger partial charge in [0.15, 0.2) is 0 Å². The fourth-order valence-electron chi connectivity index (χ4n) is 1.15. The first kappa shape index (κ1) is 17.9. The summed E-state index contributed by atoms with van der Waals surface area (Å²) in [4.78, 5) is 2.16. The van der Waals surface area contributed by atoms with Gasteiger partial charge < -0.3 is 11.1 Å². The third kappa shape index (κ3) is 11.6. The Labute approximate surface area is 105 Å². The molecule has 94 valence electrons. The third-order valence-electron chi connectivity index (χ3n) is 1.75. The standard InChI is InChI=1S/C9H13N.C4H10S.H3N/c1-10(2)8-9-6-4-3-5-7-9;1-3-5-4-2;/h3-7H,8H2,1-2H3;3-4H2,1-2H3;1H3. The molecule has 0 aliphatic heterocycles. The molecule has 2 nitrogen and oxygen atoms in total. The van der Waals surface area contributed by atoms with E-state index < -0.39 is 0 Å². The quantitative estimate of drug-likeness (QED) is 0.875. The number of hydrogen-bond acceptors (Lipinski definition) is 3. The SMILES string of the molecule is CCSCC.CN(C)Cc1ccccc1.N. The maximum absolute atomic E-state index is 2.17. The van der Waals surface area contributed by atoms with Gasteiger partial charge >= 0.3 is 0 Å². The van der Waals surface area contributed by atoms with Crippen molar-refractivity contribution < 1.29 is 0 Å². The Morgan fingerprint density at radius 3 is 1.81 bits per heavy atom. The molecule has 3 N–H and O–H groups in total. The average Bonchev–Trinajstić information content (AvgIpc) is 2.20. The van der Waals surface area contributed by atoms with E-state index in [0.717, 1.165) is 6.54 Å². The number of nitrogens with zero attached hydrogens (tertiary/aromatic N) is 1. The maximum atomic E-state index is 2.17. The van der Waals surface area contributed by atoms with Crippen LogP contribution in [0.5, 0.6) is 0 Å². The first-order valence-electron chi connectivity index (χ1n) is 5.47. The molecule has 0 spiro atoms. The highest BCUT2D eigenvalue weighted by Gasteiger charge is 1.90. The molecule has 0 aliphatic carbocycles. The van der Waals surface area contributed by atoms with Crippen molar-refractivity contribution in [3.8, 4) is 0 Å². The van der Waals surface area contributed by atoms with E-state index in [-0.39, 0.29) is 6.15 Å². The number of thioether (sulfide) groups is 1. The van der Waals surface area contributed by atoms with Gasteiger partial charge in [0.05, 0.1) is 0 Å². The van der Waals surface area contributed by atoms with Crippen LogP contribution in [0.25, 0.3) is 0 Å². The molecule has 0 saturated carbocycles. The predicted molar refractivity (Wildman–Crippen MR) is 77.5 cm³/mol. The highest BCUT2D eigenvalue weighted by molar-refractivity contribution is 7.99. The molecule has 0 unspecified atom stereocenters. The minimum Gasteiger partial charge on any atom is -0.344 e. The summed E-state index contributed by atoms with van der Waals surface area (Å²) in [5.74, 6) is 2.52. The molecule has 0 aliphatic rings. The normalized spacial score (nSPS) is 9.06. The predicted octanol–water partition coefficient (Wildman–Crippen LogP) is 3.67. The molecule has 0 aromatic heterocycles. The van der Waals surface area contributed by atoms with E-state index in [4.69, 9.17) is 0 Å². The van der Waals surface area contributed by atoms with E-state index in [1.165, 1.54) is 17.1 Å². The van der Waals surface area contributed by atoms with Crippen LogP contribution in [0.2, 0.25) is 0 Å². The monoisotopic (exact) mass is 242 g/mol.